The van der Waals surface area contributed by atoms with E-state index in [0.717, 1.165) is 40.9 Å². The molecule has 0 atom stereocenters. The molecule has 0 radical (unpaired) electrons. The smallest absolute Gasteiger partial charge is 0.236 e. The van der Waals surface area contributed by atoms with Crippen molar-refractivity contribution in [1.29, 1.82) is 0 Å². The third kappa shape index (κ3) is 6.76. The zero-order valence-corrected chi connectivity index (χ0v) is 23.0. The number of rotatable bonds is 10. The second-order valence-electron chi connectivity index (χ2n) is 9.94. The van der Waals surface area contributed by atoms with Gasteiger partial charge in [-0.15, -0.1) is 0 Å². The maximum Gasteiger partial charge on any atom is 0.236 e. The average Bonchev–Trinajstić information content (AvgIpc) is 2.97. The van der Waals surface area contributed by atoms with E-state index < -0.39 is 0 Å². The summed E-state index contributed by atoms with van der Waals surface area (Å²) in [7, 11) is 5.43. The molecule has 5 rings (SSSR count). The number of aromatic nitrogens is 3. The van der Waals surface area contributed by atoms with Gasteiger partial charge in [0.2, 0.25) is 5.91 Å². The lowest BCUT2D eigenvalue weighted by Crippen LogP contribution is -2.45. The Labute approximate surface area is 233 Å². The lowest BCUT2D eigenvalue weighted by molar-refractivity contribution is -0.133. The second kappa shape index (κ2) is 12.6. The first-order valence-corrected chi connectivity index (χ1v) is 13.3. The Morgan fingerprint density at radius 2 is 1.82 bits per heavy atom. The number of likely N-dealkylation sites (N-methyl/N-ethyl adjacent to an activating group) is 1. The van der Waals surface area contributed by atoms with E-state index in [1.165, 1.54) is 6.33 Å². The topological polar surface area (TPSA) is 102 Å². The van der Waals surface area contributed by atoms with Gasteiger partial charge in [-0.05, 0) is 56.6 Å². The van der Waals surface area contributed by atoms with Gasteiger partial charge in [-0.2, -0.15) is 0 Å². The molecule has 40 heavy (non-hydrogen) atoms. The Morgan fingerprint density at radius 1 is 1.02 bits per heavy atom. The number of amides is 1. The number of anilines is 2. The first-order chi connectivity index (χ1) is 19.5. The average molecular weight is 543 g/mol. The van der Waals surface area contributed by atoms with Crippen molar-refractivity contribution in [3.63, 3.8) is 0 Å². The summed E-state index contributed by atoms with van der Waals surface area (Å²) in [6.07, 6.45) is 4.77. The van der Waals surface area contributed by atoms with Gasteiger partial charge in [0.15, 0.2) is 11.5 Å². The van der Waals surface area contributed by atoms with Gasteiger partial charge >= 0.3 is 0 Å². The molecule has 2 aromatic heterocycles. The number of pyridine rings is 1. The predicted molar refractivity (Wildman–Crippen MR) is 153 cm³/mol. The Balaban J connectivity index is 1.27. The molecule has 0 unspecified atom stereocenters. The summed E-state index contributed by atoms with van der Waals surface area (Å²) in [4.78, 5) is 29.4. The maximum atomic E-state index is 12.4. The minimum absolute atomic E-state index is 0.0190. The van der Waals surface area contributed by atoms with Crippen molar-refractivity contribution >= 4 is 28.3 Å². The number of fused-ring (bicyclic) bond motifs is 1. The lowest BCUT2D eigenvalue weighted by Gasteiger charge is -2.33. The van der Waals surface area contributed by atoms with Crippen LogP contribution in [-0.2, 0) is 11.4 Å². The van der Waals surface area contributed by atoms with Gasteiger partial charge in [0.1, 0.15) is 30.6 Å². The molecule has 208 valence electrons. The molecule has 10 nitrogen and oxygen atoms in total. The largest absolute Gasteiger partial charge is 0.493 e. The number of carbonyl (C=O) groups is 1. The fourth-order valence-electron chi connectivity index (χ4n) is 4.60. The number of benzene rings is 2. The third-order valence-electron chi connectivity index (χ3n) is 6.69. The molecular formula is C30H34N6O4. The molecule has 0 saturated carbocycles. The van der Waals surface area contributed by atoms with E-state index in [9.17, 15) is 4.79 Å². The number of nitrogens with zero attached hydrogens (tertiary/aromatic N) is 5. The lowest BCUT2D eigenvalue weighted by atomic mass is 10.1. The van der Waals surface area contributed by atoms with Crippen molar-refractivity contribution in [2.75, 3.05) is 46.2 Å². The highest BCUT2D eigenvalue weighted by molar-refractivity contribution is 5.93. The van der Waals surface area contributed by atoms with Crippen LogP contribution in [0.2, 0.25) is 0 Å². The molecule has 10 heteroatoms. The Morgan fingerprint density at radius 3 is 2.52 bits per heavy atom. The molecule has 0 aliphatic carbocycles. The van der Waals surface area contributed by atoms with Crippen molar-refractivity contribution in [2.45, 2.75) is 25.6 Å². The Kier molecular flexibility index (Phi) is 8.56. The van der Waals surface area contributed by atoms with Crippen LogP contribution in [0.5, 0.6) is 17.2 Å². The van der Waals surface area contributed by atoms with E-state index in [2.05, 4.69) is 20.3 Å². The minimum atomic E-state index is -0.0190. The maximum absolute atomic E-state index is 12.4. The molecule has 1 saturated heterocycles. The number of piperidine rings is 1. The van der Waals surface area contributed by atoms with Gasteiger partial charge in [0.25, 0.3) is 0 Å². The van der Waals surface area contributed by atoms with E-state index in [1.54, 1.807) is 13.3 Å². The normalized spacial score (nSPS) is 13.8. The van der Waals surface area contributed by atoms with Crippen LogP contribution in [0.15, 0.2) is 67.1 Å². The van der Waals surface area contributed by atoms with Gasteiger partial charge in [0.05, 0.1) is 24.9 Å². The van der Waals surface area contributed by atoms with E-state index in [-0.39, 0.29) is 12.0 Å². The molecule has 1 aliphatic heterocycles. The molecule has 4 aromatic rings. The Hall–Kier alpha value is -4.44. The van der Waals surface area contributed by atoms with E-state index >= 15 is 0 Å². The summed E-state index contributed by atoms with van der Waals surface area (Å²) in [6.45, 7) is 2.16. The van der Waals surface area contributed by atoms with Crippen molar-refractivity contribution < 1.29 is 19.0 Å². The summed E-state index contributed by atoms with van der Waals surface area (Å²) in [5, 5.41) is 4.20. The number of hydrogen-bond acceptors (Lipinski definition) is 9. The van der Waals surface area contributed by atoms with Crippen LogP contribution in [0.3, 0.4) is 0 Å². The molecule has 1 N–H and O–H groups in total. The van der Waals surface area contributed by atoms with E-state index in [0.29, 0.717) is 43.6 Å². The molecule has 1 fully saturated rings. The van der Waals surface area contributed by atoms with Crippen molar-refractivity contribution in [2.24, 2.45) is 0 Å². The molecular weight excluding hydrogens is 508 g/mol. The summed E-state index contributed by atoms with van der Waals surface area (Å²) in [6, 6.07) is 17.2. The minimum Gasteiger partial charge on any atom is -0.493 e. The Bertz CT molecular complexity index is 1420. The highest BCUT2D eigenvalue weighted by atomic mass is 16.5. The monoisotopic (exact) mass is 542 g/mol. The van der Waals surface area contributed by atoms with Gasteiger partial charge < -0.3 is 29.3 Å². The van der Waals surface area contributed by atoms with Gasteiger partial charge in [0, 0.05) is 49.3 Å². The molecule has 1 amide bonds. The molecule has 1 aliphatic rings. The summed E-state index contributed by atoms with van der Waals surface area (Å²) in [5.74, 6) is 2.79. The summed E-state index contributed by atoms with van der Waals surface area (Å²) in [5.41, 5.74) is 2.47. The molecule has 3 heterocycles. The van der Waals surface area contributed by atoms with E-state index in [4.69, 9.17) is 14.2 Å². The first kappa shape index (κ1) is 27.1. The first-order valence-electron chi connectivity index (χ1n) is 13.3. The van der Waals surface area contributed by atoms with Crippen LogP contribution in [0.4, 0.5) is 11.5 Å². The number of nitrogens with one attached hydrogen (secondary N) is 1. The summed E-state index contributed by atoms with van der Waals surface area (Å²) >= 11 is 0. The van der Waals surface area contributed by atoms with Crippen LogP contribution in [0.25, 0.3) is 10.9 Å². The van der Waals surface area contributed by atoms with E-state index in [1.807, 2.05) is 78.5 Å². The predicted octanol–water partition coefficient (Wildman–Crippen LogP) is 4.29. The SMILES string of the molecule is COc1cc2ncnc(Nc3ccc(OCc4ccccn4)cc3)c2cc1OC1CCN(C(=O)CN(C)C)CC1. The number of methoxy groups -OCH3 is 1. The quantitative estimate of drug-likeness (QED) is 0.314. The van der Waals surface area contributed by atoms with Crippen molar-refractivity contribution in [3.05, 3.63) is 72.8 Å². The number of likely N-dealkylation sites (tertiary alicyclic amines) is 1. The summed E-state index contributed by atoms with van der Waals surface area (Å²) < 4.78 is 17.9. The zero-order valence-electron chi connectivity index (χ0n) is 23.0. The van der Waals surface area contributed by atoms with Crippen LogP contribution in [-0.4, -0.2) is 77.6 Å². The molecule has 0 bridgehead atoms. The fraction of sp³-hybridized carbons (Fsp3) is 0.333. The van der Waals surface area contributed by atoms with Crippen LogP contribution >= 0.6 is 0 Å². The molecule has 2 aromatic carbocycles. The van der Waals surface area contributed by atoms with Crippen molar-refractivity contribution in [1.82, 2.24) is 24.8 Å². The third-order valence-corrected chi connectivity index (χ3v) is 6.69. The highest BCUT2D eigenvalue weighted by Gasteiger charge is 2.25. The molecule has 0 spiro atoms. The second-order valence-corrected chi connectivity index (χ2v) is 9.94. The van der Waals surface area contributed by atoms with Crippen LogP contribution < -0.4 is 19.5 Å². The zero-order chi connectivity index (χ0) is 27.9. The fourth-order valence-corrected chi connectivity index (χ4v) is 4.60. The standard InChI is InChI=1S/C30H34N6O4/c1-35(2)18-29(37)36-14-11-24(12-15-36)40-28-16-25-26(17-27(28)38-3)32-20-33-30(25)34-21-7-9-23(10-8-21)39-19-22-6-4-5-13-31-22/h4-10,13,16-17,20,24H,11-12,14-15,18-19H2,1-3H3,(H,32,33,34). The van der Waals surface area contributed by atoms with Crippen LogP contribution in [0.1, 0.15) is 18.5 Å². The number of carbonyl (C=O) groups excluding carboxylic acids is 1. The van der Waals surface area contributed by atoms with Gasteiger partial charge in [-0.1, -0.05) is 6.07 Å². The number of ether oxygens (including phenoxy) is 3. The van der Waals surface area contributed by atoms with Gasteiger partial charge in [-0.25, -0.2) is 9.97 Å². The van der Waals surface area contributed by atoms with Crippen LogP contribution in [0, 0.1) is 0 Å². The van der Waals surface area contributed by atoms with Crippen molar-refractivity contribution in [3.8, 4) is 17.2 Å². The highest BCUT2D eigenvalue weighted by Crippen LogP contribution is 2.36. The number of hydrogen-bond donors (Lipinski definition) is 1. The van der Waals surface area contributed by atoms with Gasteiger partial charge in [-0.3, -0.25) is 9.78 Å².